The van der Waals surface area contributed by atoms with Crippen LogP contribution >= 0.6 is 7.82 Å². The van der Waals surface area contributed by atoms with Crippen molar-refractivity contribution in [2.24, 2.45) is 5.73 Å². The molecule has 0 bridgehead atoms. The van der Waals surface area contributed by atoms with Crippen LogP contribution in [0, 0.1) is 0 Å². The van der Waals surface area contributed by atoms with Crippen molar-refractivity contribution in [3.05, 3.63) is 122 Å². The monoisotopic (exact) mass is 1200 g/mol. The molecule has 0 amide bonds. The molecule has 0 saturated heterocycles. The highest BCUT2D eigenvalue weighted by atomic mass is 31.2. The third-order valence-corrected chi connectivity index (χ3v) is 15.8. The number of phosphoric ester groups is 1. The molecule has 0 aliphatic carbocycles. The molecule has 0 fully saturated rings. The van der Waals surface area contributed by atoms with Crippen LogP contribution in [-0.4, -0.2) is 49.3 Å². The van der Waals surface area contributed by atoms with Crippen LogP contribution in [0.25, 0.3) is 0 Å². The molecule has 0 saturated carbocycles. The minimum atomic E-state index is -4.40. The Kier molecular flexibility index (Phi) is 66.6. The highest BCUT2D eigenvalue weighted by molar-refractivity contribution is 7.47. The molecule has 0 aromatic carbocycles. The highest BCUT2D eigenvalue weighted by Crippen LogP contribution is 2.43. The van der Waals surface area contributed by atoms with Gasteiger partial charge in [-0.25, -0.2) is 4.57 Å². The number of carbonyl (C=O) groups excluding carboxylic acids is 2. The molecule has 10 heteroatoms. The summed E-state index contributed by atoms with van der Waals surface area (Å²) in [5, 5.41) is 0. The number of esters is 2. The second-order valence-electron chi connectivity index (χ2n) is 23.0. The first-order valence-electron chi connectivity index (χ1n) is 35.0. The van der Waals surface area contributed by atoms with Crippen LogP contribution in [0.4, 0.5) is 0 Å². The van der Waals surface area contributed by atoms with Crippen LogP contribution < -0.4 is 5.73 Å². The standard InChI is InChI=1S/C75H130NO8P/c1-3-5-7-9-11-13-15-17-19-21-23-25-27-29-31-32-33-34-35-36-37-38-39-40-42-44-46-48-50-52-54-56-58-60-62-64-66-68-75(78)84-73(72-83-85(79,80)82-70-69-76)71-81-74(77)67-65-63-61-59-57-55-53-51-49-47-45-43-41-30-28-26-24-22-20-18-16-14-12-10-8-6-4-2/h5-8,11-14,17-20,23-26,29,31,33-34,73H,3-4,9-10,15-16,21-22,27-28,30,32,35-72,76H2,1-2H3,(H,79,80)/b7-5-,8-6-,13-11-,14-12-,19-17-,20-18-,25-23-,26-24-,31-29-,34-33-. The van der Waals surface area contributed by atoms with E-state index in [0.717, 1.165) is 103 Å². The number of rotatable bonds is 65. The van der Waals surface area contributed by atoms with Gasteiger partial charge in [-0.05, 0) is 103 Å². The Labute approximate surface area is 523 Å². The molecule has 0 aliphatic rings. The number of hydrogen-bond acceptors (Lipinski definition) is 8. The lowest BCUT2D eigenvalue weighted by atomic mass is 10.0. The van der Waals surface area contributed by atoms with Crippen molar-refractivity contribution in [2.75, 3.05) is 26.4 Å². The van der Waals surface area contributed by atoms with Crippen molar-refractivity contribution in [1.82, 2.24) is 0 Å². The molecule has 0 rings (SSSR count). The number of carbonyl (C=O) groups is 2. The maximum Gasteiger partial charge on any atom is 0.472 e. The van der Waals surface area contributed by atoms with Gasteiger partial charge in [0, 0.05) is 19.4 Å². The lowest BCUT2D eigenvalue weighted by molar-refractivity contribution is -0.161. The number of hydrogen-bond donors (Lipinski definition) is 2. The SMILES string of the molecule is CC/C=C\C/C=C\C/C=C\C/C=C\C/C=C\C/C=C\CCCCCCCCCCCCCCCCCCCCC(=O)OC(COC(=O)CCCCCCCCCCCCCCCC/C=C\C/C=C\C/C=C\C/C=C\CC)COP(=O)(O)OCCN. The summed E-state index contributed by atoms with van der Waals surface area (Å²) in [6.45, 7) is 3.55. The van der Waals surface area contributed by atoms with Gasteiger partial charge in [0.05, 0.1) is 13.2 Å². The van der Waals surface area contributed by atoms with E-state index in [1.165, 1.54) is 173 Å². The van der Waals surface area contributed by atoms with Crippen molar-refractivity contribution < 1.29 is 37.6 Å². The van der Waals surface area contributed by atoms with E-state index >= 15 is 0 Å². The third-order valence-electron chi connectivity index (χ3n) is 14.8. The minimum absolute atomic E-state index is 0.0505. The Morgan fingerprint density at radius 1 is 0.353 bits per heavy atom. The fourth-order valence-electron chi connectivity index (χ4n) is 9.75. The minimum Gasteiger partial charge on any atom is -0.462 e. The van der Waals surface area contributed by atoms with Crippen molar-refractivity contribution >= 4 is 19.8 Å². The molecule has 0 aromatic heterocycles. The molecule has 0 heterocycles. The van der Waals surface area contributed by atoms with Crippen LogP contribution in [0.5, 0.6) is 0 Å². The van der Waals surface area contributed by atoms with E-state index in [9.17, 15) is 19.0 Å². The van der Waals surface area contributed by atoms with Crippen LogP contribution in [0.2, 0.25) is 0 Å². The van der Waals surface area contributed by atoms with Crippen molar-refractivity contribution in [3.63, 3.8) is 0 Å². The first-order chi connectivity index (χ1) is 41.8. The summed E-state index contributed by atoms with van der Waals surface area (Å²) >= 11 is 0. The lowest BCUT2D eigenvalue weighted by Crippen LogP contribution is -2.29. The molecule has 3 N–H and O–H groups in total. The van der Waals surface area contributed by atoms with E-state index in [1.54, 1.807) is 0 Å². The summed E-state index contributed by atoms with van der Waals surface area (Å²) < 4.78 is 33.2. The Morgan fingerprint density at radius 2 is 0.612 bits per heavy atom. The maximum atomic E-state index is 12.8. The quantitative estimate of drug-likeness (QED) is 0.0264. The van der Waals surface area contributed by atoms with E-state index in [0.29, 0.717) is 6.42 Å². The van der Waals surface area contributed by atoms with Gasteiger partial charge in [0.15, 0.2) is 6.10 Å². The van der Waals surface area contributed by atoms with Gasteiger partial charge in [-0.3, -0.25) is 18.6 Å². The molecular weight excluding hydrogens is 1070 g/mol. The summed E-state index contributed by atoms with van der Waals surface area (Å²) in [6.07, 6.45) is 97.2. The van der Waals surface area contributed by atoms with Crippen LogP contribution in [0.3, 0.4) is 0 Å². The normalized spacial score (nSPS) is 13.7. The first kappa shape index (κ1) is 81.4. The van der Waals surface area contributed by atoms with Gasteiger partial charge >= 0.3 is 19.8 Å². The summed E-state index contributed by atoms with van der Waals surface area (Å²) in [6, 6.07) is 0. The highest BCUT2D eigenvalue weighted by Gasteiger charge is 2.26. The number of unbranched alkanes of at least 4 members (excludes halogenated alkanes) is 32. The molecule has 2 unspecified atom stereocenters. The molecule has 0 aromatic rings. The van der Waals surface area contributed by atoms with Crippen LogP contribution in [0.1, 0.15) is 309 Å². The second kappa shape index (κ2) is 69.5. The fraction of sp³-hybridized carbons (Fsp3) is 0.707. The van der Waals surface area contributed by atoms with Crippen molar-refractivity contribution in [1.29, 1.82) is 0 Å². The van der Waals surface area contributed by atoms with Crippen molar-refractivity contribution in [3.8, 4) is 0 Å². The van der Waals surface area contributed by atoms with E-state index in [1.807, 2.05) is 0 Å². The molecule has 0 aliphatic heterocycles. The molecule has 0 spiro atoms. The Morgan fingerprint density at radius 3 is 0.906 bits per heavy atom. The van der Waals surface area contributed by atoms with E-state index in [4.69, 9.17) is 24.3 Å². The van der Waals surface area contributed by atoms with E-state index < -0.39 is 26.5 Å². The summed E-state index contributed by atoms with van der Waals surface area (Å²) in [5.74, 6) is -0.821. The molecule has 488 valence electrons. The van der Waals surface area contributed by atoms with Gasteiger partial charge in [-0.1, -0.05) is 315 Å². The van der Waals surface area contributed by atoms with Crippen molar-refractivity contribution in [2.45, 2.75) is 315 Å². The zero-order chi connectivity index (χ0) is 61.6. The molecule has 85 heavy (non-hydrogen) atoms. The molecular formula is C75H130NO8P. The average Bonchev–Trinajstić information content (AvgIpc) is 3.52. The van der Waals surface area contributed by atoms with Gasteiger partial charge in [0.25, 0.3) is 0 Å². The molecule has 2 atom stereocenters. The summed E-state index contributed by atoms with van der Waals surface area (Å²) in [7, 11) is -4.40. The molecule has 0 radical (unpaired) electrons. The van der Waals surface area contributed by atoms with Gasteiger partial charge < -0.3 is 20.1 Å². The second-order valence-corrected chi connectivity index (χ2v) is 24.4. The topological polar surface area (TPSA) is 134 Å². The zero-order valence-electron chi connectivity index (χ0n) is 54.8. The summed E-state index contributed by atoms with van der Waals surface area (Å²) in [5.41, 5.74) is 5.40. The molecule has 9 nitrogen and oxygen atoms in total. The number of allylic oxidation sites excluding steroid dienone is 20. The van der Waals surface area contributed by atoms with Crippen LogP contribution in [-0.2, 0) is 32.7 Å². The fourth-order valence-corrected chi connectivity index (χ4v) is 10.5. The van der Waals surface area contributed by atoms with Gasteiger partial charge in [-0.2, -0.15) is 0 Å². The largest absolute Gasteiger partial charge is 0.472 e. The maximum absolute atomic E-state index is 12.8. The zero-order valence-corrected chi connectivity index (χ0v) is 55.7. The number of ether oxygens (including phenoxy) is 2. The lowest BCUT2D eigenvalue weighted by Gasteiger charge is -2.19. The smallest absolute Gasteiger partial charge is 0.462 e. The number of phosphoric acid groups is 1. The average molecular weight is 1200 g/mol. The van der Waals surface area contributed by atoms with E-state index in [-0.39, 0.29) is 38.6 Å². The first-order valence-corrected chi connectivity index (χ1v) is 36.5. The van der Waals surface area contributed by atoms with Crippen LogP contribution in [0.15, 0.2) is 122 Å². The Hall–Kier alpha value is -3.59. The summed E-state index contributed by atoms with van der Waals surface area (Å²) in [4.78, 5) is 35.4. The third kappa shape index (κ3) is 69.4. The predicted molar refractivity (Wildman–Crippen MR) is 367 cm³/mol. The van der Waals surface area contributed by atoms with E-state index in [2.05, 4.69) is 135 Å². The Bertz CT molecular complexity index is 1810. The Balaban J connectivity index is 3.86. The predicted octanol–water partition coefficient (Wildman–Crippen LogP) is 23.1. The van der Waals surface area contributed by atoms with Gasteiger partial charge in [0.1, 0.15) is 6.61 Å². The van der Waals surface area contributed by atoms with Gasteiger partial charge in [-0.15, -0.1) is 0 Å². The van der Waals surface area contributed by atoms with Gasteiger partial charge in [0.2, 0.25) is 0 Å². The number of nitrogens with two attached hydrogens (primary N) is 1.